The Bertz CT molecular complexity index is 763. The van der Waals surface area contributed by atoms with Gasteiger partial charge in [0.05, 0.1) is 19.3 Å². The molecule has 0 saturated carbocycles. The minimum absolute atomic E-state index is 0.219. The summed E-state index contributed by atoms with van der Waals surface area (Å²) in [4.78, 5) is 12.3. The van der Waals surface area contributed by atoms with Crippen molar-refractivity contribution in [2.75, 3.05) is 7.11 Å². The average molecular weight is 319 g/mol. The molecular weight excluding hydrogens is 304 g/mol. The van der Waals surface area contributed by atoms with Gasteiger partial charge in [-0.2, -0.15) is 0 Å². The van der Waals surface area contributed by atoms with Gasteiger partial charge in [-0.05, 0) is 23.3 Å². The van der Waals surface area contributed by atoms with Crippen molar-refractivity contribution in [3.63, 3.8) is 0 Å². The number of carbonyl (C=O) groups excluding carboxylic acids is 1. The molecule has 0 heterocycles. The molecule has 120 valence electrons. The maximum atomic E-state index is 14.2. The Morgan fingerprint density at radius 2 is 2.00 bits per heavy atom. The van der Waals surface area contributed by atoms with Crippen molar-refractivity contribution in [2.45, 2.75) is 18.6 Å². The van der Waals surface area contributed by atoms with Gasteiger partial charge in [0.25, 0.3) is 5.91 Å². The zero-order valence-corrected chi connectivity index (χ0v) is 12.3. The van der Waals surface area contributed by atoms with E-state index in [0.29, 0.717) is 6.42 Å². The number of amides is 1. The first-order valence-corrected chi connectivity index (χ1v) is 7.11. The van der Waals surface area contributed by atoms with E-state index in [-0.39, 0.29) is 5.75 Å². The lowest BCUT2D eigenvalue weighted by atomic mass is 10.1. The molecule has 2 aromatic rings. The molecule has 6 heteroatoms. The number of hydrogen-bond acceptors (Lipinski definition) is 3. The van der Waals surface area contributed by atoms with Gasteiger partial charge in [-0.25, -0.2) is 8.78 Å². The van der Waals surface area contributed by atoms with Gasteiger partial charge in [-0.1, -0.05) is 24.3 Å². The van der Waals surface area contributed by atoms with Crippen molar-refractivity contribution in [3.05, 3.63) is 64.7 Å². The van der Waals surface area contributed by atoms with E-state index in [9.17, 15) is 18.7 Å². The Hall–Kier alpha value is -2.47. The van der Waals surface area contributed by atoms with E-state index in [1.54, 1.807) is 12.1 Å². The second-order valence-electron chi connectivity index (χ2n) is 5.36. The molecule has 0 aliphatic heterocycles. The number of halogens is 2. The summed E-state index contributed by atoms with van der Waals surface area (Å²) < 4.78 is 32.8. The summed E-state index contributed by atoms with van der Waals surface area (Å²) in [5.74, 6) is -3.20. The van der Waals surface area contributed by atoms with E-state index in [4.69, 9.17) is 4.74 Å². The predicted molar refractivity (Wildman–Crippen MR) is 79.3 cm³/mol. The third-order valence-corrected chi connectivity index (χ3v) is 3.99. The van der Waals surface area contributed by atoms with Crippen molar-refractivity contribution in [1.29, 1.82) is 0 Å². The molecule has 0 fully saturated rings. The van der Waals surface area contributed by atoms with Crippen molar-refractivity contribution < 1.29 is 23.4 Å². The van der Waals surface area contributed by atoms with E-state index in [1.807, 2.05) is 12.1 Å². The lowest BCUT2D eigenvalue weighted by Gasteiger charge is -2.18. The monoisotopic (exact) mass is 319 g/mol. The lowest BCUT2D eigenvalue weighted by molar-refractivity contribution is 0.0849. The Morgan fingerprint density at radius 1 is 1.26 bits per heavy atom. The third kappa shape index (κ3) is 2.66. The van der Waals surface area contributed by atoms with Gasteiger partial charge >= 0.3 is 0 Å². The molecular formula is C17H15F2NO3. The van der Waals surface area contributed by atoms with Crippen LogP contribution in [0.3, 0.4) is 0 Å². The fourth-order valence-corrected chi connectivity index (χ4v) is 2.86. The second kappa shape index (κ2) is 5.96. The van der Waals surface area contributed by atoms with Crippen LogP contribution in [0.4, 0.5) is 8.78 Å². The van der Waals surface area contributed by atoms with Gasteiger partial charge in [-0.3, -0.25) is 4.79 Å². The van der Waals surface area contributed by atoms with E-state index >= 15 is 0 Å². The van der Waals surface area contributed by atoms with Crippen LogP contribution in [-0.2, 0) is 6.42 Å². The topological polar surface area (TPSA) is 58.6 Å². The first-order chi connectivity index (χ1) is 11.0. The molecule has 0 bridgehead atoms. The number of aliphatic hydroxyl groups is 1. The number of methoxy groups -OCH3 is 1. The van der Waals surface area contributed by atoms with Crippen LogP contribution in [0.5, 0.6) is 5.75 Å². The summed E-state index contributed by atoms with van der Waals surface area (Å²) in [6, 6.07) is 8.60. The number of fused-ring (bicyclic) bond motifs is 1. The first kappa shape index (κ1) is 15.4. The SMILES string of the molecule is COc1ccc(F)c(C(=O)N[C@H]2c3ccccc3C[C@H]2O)c1F. The molecule has 2 N–H and O–H groups in total. The van der Waals surface area contributed by atoms with Crippen LogP contribution in [0.25, 0.3) is 0 Å². The zero-order chi connectivity index (χ0) is 16.6. The molecule has 3 rings (SSSR count). The highest BCUT2D eigenvalue weighted by Gasteiger charge is 2.33. The number of benzene rings is 2. The predicted octanol–water partition coefficient (Wildman–Crippen LogP) is 2.36. The molecule has 0 radical (unpaired) electrons. The largest absolute Gasteiger partial charge is 0.494 e. The van der Waals surface area contributed by atoms with Crippen LogP contribution in [-0.4, -0.2) is 24.2 Å². The minimum atomic E-state index is -1.06. The Kier molecular flexibility index (Phi) is 4.00. The molecule has 0 aromatic heterocycles. The summed E-state index contributed by atoms with van der Waals surface area (Å²) >= 11 is 0. The maximum Gasteiger partial charge on any atom is 0.257 e. The molecule has 23 heavy (non-hydrogen) atoms. The highest BCUT2D eigenvalue weighted by Crippen LogP contribution is 2.32. The smallest absolute Gasteiger partial charge is 0.257 e. The highest BCUT2D eigenvalue weighted by atomic mass is 19.1. The van der Waals surface area contributed by atoms with Crippen molar-refractivity contribution in [2.24, 2.45) is 0 Å². The van der Waals surface area contributed by atoms with Crippen LogP contribution in [0, 0.1) is 11.6 Å². The van der Waals surface area contributed by atoms with Gasteiger partial charge in [-0.15, -0.1) is 0 Å². The van der Waals surface area contributed by atoms with Gasteiger partial charge in [0, 0.05) is 6.42 Å². The Balaban J connectivity index is 1.91. The van der Waals surface area contributed by atoms with Crippen molar-refractivity contribution in [1.82, 2.24) is 5.32 Å². The molecule has 1 amide bonds. The Labute approximate surface area is 131 Å². The number of ether oxygens (including phenoxy) is 1. The molecule has 0 saturated heterocycles. The summed E-state index contributed by atoms with van der Waals surface area (Å²) in [6.45, 7) is 0. The second-order valence-corrected chi connectivity index (χ2v) is 5.36. The maximum absolute atomic E-state index is 14.2. The van der Waals surface area contributed by atoms with E-state index in [0.717, 1.165) is 23.3 Å². The highest BCUT2D eigenvalue weighted by molar-refractivity contribution is 5.95. The van der Waals surface area contributed by atoms with Gasteiger partial charge < -0.3 is 15.2 Å². The fraction of sp³-hybridized carbons (Fsp3) is 0.235. The van der Waals surface area contributed by atoms with Crippen molar-refractivity contribution >= 4 is 5.91 Å². The standard InChI is InChI=1S/C17H15F2NO3/c1-23-13-7-6-11(18)14(15(13)19)17(22)20-16-10-5-3-2-4-9(10)8-12(16)21/h2-7,12,16,21H,8H2,1H3,(H,20,22)/t12-,16+/m1/s1. The number of hydrogen-bond donors (Lipinski definition) is 2. The van der Waals surface area contributed by atoms with E-state index < -0.39 is 35.3 Å². The summed E-state index contributed by atoms with van der Waals surface area (Å²) in [6.07, 6.45) is -0.461. The lowest BCUT2D eigenvalue weighted by Crippen LogP contribution is -2.34. The fourth-order valence-electron chi connectivity index (χ4n) is 2.86. The number of rotatable bonds is 3. The molecule has 0 spiro atoms. The minimum Gasteiger partial charge on any atom is -0.494 e. The third-order valence-electron chi connectivity index (χ3n) is 3.99. The zero-order valence-electron chi connectivity index (χ0n) is 12.3. The molecule has 2 atom stereocenters. The number of aliphatic hydroxyl groups excluding tert-OH is 1. The first-order valence-electron chi connectivity index (χ1n) is 7.11. The molecule has 4 nitrogen and oxygen atoms in total. The van der Waals surface area contributed by atoms with Crippen molar-refractivity contribution in [3.8, 4) is 5.75 Å². The van der Waals surface area contributed by atoms with E-state index in [2.05, 4.69) is 5.32 Å². The molecule has 0 unspecified atom stereocenters. The van der Waals surface area contributed by atoms with Gasteiger partial charge in [0.2, 0.25) is 0 Å². The molecule has 2 aromatic carbocycles. The van der Waals surface area contributed by atoms with Gasteiger partial charge in [0.15, 0.2) is 11.6 Å². The van der Waals surface area contributed by atoms with Crippen LogP contribution in [0.15, 0.2) is 36.4 Å². The number of carbonyl (C=O) groups is 1. The summed E-state index contributed by atoms with van der Waals surface area (Å²) in [5.41, 5.74) is 0.926. The summed E-state index contributed by atoms with van der Waals surface area (Å²) in [7, 11) is 1.23. The van der Waals surface area contributed by atoms with Crippen LogP contribution < -0.4 is 10.1 Å². The number of nitrogens with one attached hydrogen (secondary N) is 1. The quantitative estimate of drug-likeness (QED) is 0.913. The van der Waals surface area contributed by atoms with Crippen LogP contribution in [0.1, 0.15) is 27.5 Å². The summed E-state index contributed by atoms with van der Waals surface area (Å²) in [5, 5.41) is 12.6. The van der Waals surface area contributed by atoms with Crippen LogP contribution >= 0.6 is 0 Å². The average Bonchev–Trinajstić information content (AvgIpc) is 2.84. The molecule has 1 aliphatic rings. The van der Waals surface area contributed by atoms with Crippen LogP contribution in [0.2, 0.25) is 0 Å². The Morgan fingerprint density at radius 3 is 2.74 bits per heavy atom. The van der Waals surface area contributed by atoms with E-state index in [1.165, 1.54) is 7.11 Å². The normalized spacial score (nSPS) is 19.3. The van der Waals surface area contributed by atoms with Gasteiger partial charge in [0.1, 0.15) is 11.4 Å². The molecule has 1 aliphatic carbocycles.